The monoisotopic (exact) mass is 489 g/mol. The number of likely N-dealkylation sites (tertiary alicyclic amines) is 1. The van der Waals surface area contributed by atoms with Crippen molar-refractivity contribution in [1.29, 1.82) is 0 Å². The van der Waals surface area contributed by atoms with Gasteiger partial charge in [0.1, 0.15) is 23.5 Å². The Morgan fingerprint density at radius 2 is 1.83 bits per heavy atom. The summed E-state index contributed by atoms with van der Waals surface area (Å²) < 4.78 is 27.3. The van der Waals surface area contributed by atoms with Crippen molar-refractivity contribution in [3.8, 4) is 11.3 Å². The molecule has 8 nitrogen and oxygen atoms in total. The van der Waals surface area contributed by atoms with Crippen LogP contribution in [0.25, 0.3) is 11.3 Å². The first-order chi connectivity index (χ1) is 16.6. The number of benzene rings is 1. The molecule has 1 aliphatic rings. The molecule has 3 rings (SSSR count). The van der Waals surface area contributed by atoms with Gasteiger partial charge in [0.05, 0.1) is 24.4 Å². The molecule has 1 saturated heterocycles. The molecule has 2 atom stereocenters. The first kappa shape index (κ1) is 26.3. The molecule has 0 bridgehead atoms. The zero-order chi connectivity index (χ0) is 25.5. The van der Waals surface area contributed by atoms with Crippen molar-refractivity contribution in [3.63, 3.8) is 0 Å². The van der Waals surface area contributed by atoms with Crippen LogP contribution in [0.1, 0.15) is 64.7 Å². The van der Waals surface area contributed by atoms with Gasteiger partial charge in [-0.05, 0) is 44.2 Å². The summed E-state index contributed by atoms with van der Waals surface area (Å²) in [4.78, 5) is 47.1. The van der Waals surface area contributed by atoms with Crippen LogP contribution in [-0.2, 0) is 14.4 Å². The molecule has 1 aromatic heterocycles. The quantitative estimate of drug-likeness (QED) is 0.475. The van der Waals surface area contributed by atoms with Crippen LogP contribution in [0.15, 0.2) is 24.4 Å². The number of aromatic nitrogens is 2. The highest BCUT2D eigenvalue weighted by Crippen LogP contribution is 2.23. The SMILES string of the molecule is CC(C)CCC(=O)N[C@@H](CC(=O)N1CCCC1)C(=O)N[C@@H](C)c1ncc(-c2ccc(F)cc2F)[nH]1. The van der Waals surface area contributed by atoms with Crippen LogP contribution in [-0.4, -0.2) is 51.7 Å². The van der Waals surface area contributed by atoms with Crippen molar-refractivity contribution >= 4 is 17.7 Å². The summed E-state index contributed by atoms with van der Waals surface area (Å²) in [5.41, 5.74) is 0.483. The van der Waals surface area contributed by atoms with Crippen molar-refractivity contribution in [1.82, 2.24) is 25.5 Å². The van der Waals surface area contributed by atoms with Gasteiger partial charge in [-0.3, -0.25) is 14.4 Å². The normalized spacial score (nSPS) is 15.2. The second-order valence-electron chi connectivity index (χ2n) is 9.38. The van der Waals surface area contributed by atoms with Crippen molar-refractivity contribution in [2.24, 2.45) is 5.92 Å². The molecule has 1 aliphatic heterocycles. The zero-order valence-electron chi connectivity index (χ0n) is 20.4. The van der Waals surface area contributed by atoms with Crippen LogP contribution < -0.4 is 10.6 Å². The molecule has 1 aromatic carbocycles. The molecule has 0 radical (unpaired) electrons. The number of H-pyrrole nitrogens is 1. The Balaban J connectivity index is 1.68. The number of carbonyl (C=O) groups is 3. The number of aromatic amines is 1. The van der Waals surface area contributed by atoms with Gasteiger partial charge >= 0.3 is 0 Å². The minimum Gasteiger partial charge on any atom is -0.345 e. The van der Waals surface area contributed by atoms with Gasteiger partial charge in [-0.15, -0.1) is 0 Å². The van der Waals surface area contributed by atoms with Crippen molar-refractivity contribution in [3.05, 3.63) is 41.9 Å². The van der Waals surface area contributed by atoms with E-state index in [1.165, 1.54) is 12.3 Å². The first-order valence-corrected chi connectivity index (χ1v) is 12.0. The molecular formula is C25H33F2N5O3. The van der Waals surface area contributed by atoms with E-state index in [-0.39, 0.29) is 30.2 Å². The van der Waals surface area contributed by atoms with Gasteiger partial charge in [0.15, 0.2) is 0 Å². The van der Waals surface area contributed by atoms with Crippen molar-refractivity contribution < 1.29 is 23.2 Å². The number of imidazole rings is 1. The van der Waals surface area contributed by atoms with E-state index in [2.05, 4.69) is 20.6 Å². The highest BCUT2D eigenvalue weighted by Gasteiger charge is 2.29. The zero-order valence-corrected chi connectivity index (χ0v) is 20.4. The molecule has 0 spiro atoms. The number of hydrogen-bond donors (Lipinski definition) is 3. The fourth-order valence-electron chi connectivity index (χ4n) is 3.95. The lowest BCUT2D eigenvalue weighted by atomic mass is 10.1. The Hall–Kier alpha value is -3.30. The van der Waals surface area contributed by atoms with Crippen molar-refractivity contribution in [2.45, 2.75) is 65.0 Å². The topological polar surface area (TPSA) is 107 Å². The van der Waals surface area contributed by atoms with E-state index < -0.39 is 29.6 Å². The van der Waals surface area contributed by atoms with Gasteiger partial charge in [0.25, 0.3) is 0 Å². The van der Waals surface area contributed by atoms with Gasteiger partial charge in [-0.1, -0.05) is 13.8 Å². The maximum Gasteiger partial charge on any atom is 0.243 e. The molecule has 3 amide bonds. The Kier molecular flexibility index (Phi) is 8.95. The summed E-state index contributed by atoms with van der Waals surface area (Å²) >= 11 is 0. The van der Waals surface area contributed by atoms with Gasteiger partial charge in [-0.2, -0.15) is 0 Å². The van der Waals surface area contributed by atoms with E-state index in [1.807, 2.05) is 13.8 Å². The third kappa shape index (κ3) is 7.34. The first-order valence-electron chi connectivity index (χ1n) is 12.0. The highest BCUT2D eigenvalue weighted by atomic mass is 19.1. The lowest BCUT2D eigenvalue weighted by Crippen LogP contribution is -2.50. The number of amides is 3. The van der Waals surface area contributed by atoms with E-state index in [0.717, 1.165) is 25.0 Å². The van der Waals surface area contributed by atoms with Crippen LogP contribution in [0.3, 0.4) is 0 Å². The Morgan fingerprint density at radius 3 is 2.49 bits per heavy atom. The fraction of sp³-hybridized carbons (Fsp3) is 0.520. The summed E-state index contributed by atoms with van der Waals surface area (Å²) in [7, 11) is 0. The number of hydrogen-bond acceptors (Lipinski definition) is 4. The Bertz CT molecular complexity index is 1050. The van der Waals surface area contributed by atoms with Crippen LogP contribution in [0.4, 0.5) is 8.78 Å². The van der Waals surface area contributed by atoms with Crippen LogP contribution in [0.5, 0.6) is 0 Å². The van der Waals surface area contributed by atoms with Gasteiger partial charge in [0, 0.05) is 31.1 Å². The lowest BCUT2D eigenvalue weighted by molar-refractivity contribution is -0.136. The summed E-state index contributed by atoms with van der Waals surface area (Å²) in [5, 5.41) is 5.49. The average Bonchev–Trinajstić information content (AvgIpc) is 3.50. The molecule has 0 unspecified atom stereocenters. The summed E-state index contributed by atoms with van der Waals surface area (Å²) in [5.74, 6) is -1.70. The van der Waals surface area contributed by atoms with E-state index in [1.54, 1.807) is 11.8 Å². The second-order valence-corrected chi connectivity index (χ2v) is 9.38. The molecule has 0 aliphatic carbocycles. The molecule has 1 fully saturated rings. The molecule has 3 N–H and O–H groups in total. The van der Waals surface area contributed by atoms with E-state index >= 15 is 0 Å². The third-order valence-electron chi connectivity index (χ3n) is 6.02. The number of nitrogens with one attached hydrogen (secondary N) is 3. The van der Waals surface area contributed by atoms with Crippen LogP contribution >= 0.6 is 0 Å². The predicted molar refractivity (Wildman–Crippen MR) is 127 cm³/mol. The molecule has 35 heavy (non-hydrogen) atoms. The average molecular weight is 490 g/mol. The van der Waals surface area contributed by atoms with Gasteiger partial charge < -0.3 is 20.5 Å². The summed E-state index contributed by atoms with van der Waals surface area (Å²) in [6, 6.07) is 1.60. The van der Waals surface area contributed by atoms with Gasteiger partial charge in [-0.25, -0.2) is 13.8 Å². The van der Waals surface area contributed by atoms with E-state index in [9.17, 15) is 23.2 Å². The Labute approximate surface area is 203 Å². The predicted octanol–water partition coefficient (Wildman–Crippen LogP) is 3.47. The minimum absolute atomic E-state index is 0.129. The number of carbonyl (C=O) groups excluding carboxylic acids is 3. The highest BCUT2D eigenvalue weighted by molar-refractivity contribution is 5.92. The second kappa shape index (κ2) is 11.9. The molecule has 2 heterocycles. The summed E-state index contributed by atoms with van der Waals surface area (Å²) in [6.45, 7) is 7.00. The van der Waals surface area contributed by atoms with Gasteiger partial charge in [0.2, 0.25) is 17.7 Å². The largest absolute Gasteiger partial charge is 0.345 e. The smallest absolute Gasteiger partial charge is 0.243 e. The van der Waals surface area contributed by atoms with E-state index in [0.29, 0.717) is 36.9 Å². The fourth-order valence-corrected chi connectivity index (χ4v) is 3.95. The Morgan fingerprint density at radius 1 is 1.11 bits per heavy atom. The van der Waals surface area contributed by atoms with E-state index in [4.69, 9.17) is 0 Å². The maximum atomic E-state index is 14.1. The summed E-state index contributed by atoms with van der Waals surface area (Å²) in [6.07, 6.45) is 4.06. The molecule has 10 heteroatoms. The molecular weight excluding hydrogens is 456 g/mol. The van der Waals surface area contributed by atoms with Crippen molar-refractivity contribution in [2.75, 3.05) is 13.1 Å². The molecule has 2 aromatic rings. The third-order valence-corrected chi connectivity index (χ3v) is 6.02. The number of halogens is 2. The van der Waals surface area contributed by atoms with Crippen LogP contribution in [0, 0.1) is 17.6 Å². The van der Waals surface area contributed by atoms with Crippen LogP contribution in [0.2, 0.25) is 0 Å². The lowest BCUT2D eigenvalue weighted by Gasteiger charge is -2.23. The standard InChI is InChI=1S/C25H33F2N5O3/c1-15(2)6-9-22(33)30-20(13-23(34)32-10-4-5-11-32)25(35)29-16(3)24-28-14-21(31-24)18-8-7-17(26)12-19(18)27/h7-8,12,14-16,20H,4-6,9-11,13H2,1-3H3,(H,28,31)(H,29,35)(H,30,33)/t16-,20-/m0/s1. The maximum absolute atomic E-state index is 14.1. The molecule has 190 valence electrons. The number of nitrogens with zero attached hydrogens (tertiary/aromatic N) is 2. The minimum atomic E-state index is -1.02. The number of rotatable bonds is 10. The molecule has 0 saturated carbocycles.